The molecule has 0 amide bonds. The molecule has 2 rings (SSSR count). The number of rotatable bonds is 3. The number of aryl methyl sites for hydroxylation is 2. The molecule has 1 aromatic heterocycles. The zero-order valence-corrected chi connectivity index (χ0v) is 10.8. The number of oxazole rings is 1. The lowest BCUT2D eigenvalue weighted by Gasteiger charge is -2.04. The van der Waals surface area contributed by atoms with E-state index in [1.807, 2.05) is 19.9 Å². The second kappa shape index (κ2) is 5.11. The molecule has 0 aliphatic rings. The summed E-state index contributed by atoms with van der Waals surface area (Å²) >= 11 is 5.90. The maximum atomic E-state index is 8.75. The molecule has 18 heavy (non-hydrogen) atoms. The number of benzene rings is 1. The van der Waals surface area contributed by atoms with Crippen molar-refractivity contribution in [3.05, 3.63) is 46.1 Å². The first kappa shape index (κ1) is 12.5. The van der Waals surface area contributed by atoms with E-state index in [9.17, 15) is 0 Å². The molecule has 5 heteroatoms. The lowest BCUT2D eigenvalue weighted by molar-refractivity contribution is 0.260. The fourth-order valence-corrected chi connectivity index (χ4v) is 1.64. The third kappa shape index (κ3) is 2.63. The summed E-state index contributed by atoms with van der Waals surface area (Å²) in [6.07, 6.45) is 0. The van der Waals surface area contributed by atoms with E-state index in [0.29, 0.717) is 22.2 Å². The molecule has 0 spiro atoms. The molecule has 4 nitrogen and oxygen atoms in total. The number of halogens is 1. The second-order valence-electron chi connectivity index (χ2n) is 3.79. The fraction of sp³-hybridized carbons (Fsp3) is 0.231. The summed E-state index contributed by atoms with van der Waals surface area (Å²) < 4.78 is 10.9. The maximum absolute atomic E-state index is 8.75. The molecule has 0 radical (unpaired) electrons. The average molecular weight is 263 g/mol. The van der Waals surface area contributed by atoms with Crippen molar-refractivity contribution in [1.29, 1.82) is 5.26 Å². The summed E-state index contributed by atoms with van der Waals surface area (Å²) in [6, 6.07) is 6.89. The summed E-state index contributed by atoms with van der Waals surface area (Å²) in [5.74, 6) is 1.88. The highest BCUT2D eigenvalue weighted by atomic mass is 35.5. The van der Waals surface area contributed by atoms with Crippen molar-refractivity contribution in [3.8, 4) is 11.8 Å². The number of nitriles is 1. The fourth-order valence-electron chi connectivity index (χ4n) is 1.42. The topological polar surface area (TPSA) is 59.0 Å². The molecule has 0 saturated heterocycles. The Bertz CT molecular complexity index is 594. The van der Waals surface area contributed by atoms with Crippen LogP contribution in [0, 0.1) is 25.2 Å². The molecule has 0 saturated carbocycles. The van der Waals surface area contributed by atoms with Gasteiger partial charge >= 0.3 is 0 Å². The van der Waals surface area contributed by atoms with Gasteiger partial charge in [-0.3, -0.25) is 0 Å². The van der Waals surface area contributed by atoms with Crippen molar-refractivity contribution in [1.82, 2.24) is 4.98 Å². The van der Waals surface area contributed by atoms with Crippen molar-refractivity contribution in [3.63, 3.8) is 0 Å². The smallest absolute Gasteiger partial charge is 0.232 e. The second-order valence-corrected chi connectivity index (χ2v) is 4.20. The number of ether oxygens (including phenoxy) is 1. The van der Waals surface area contributed by atoms with E-state index in [1.54, 1.807) is 18.2 Å². The normalized spacial score (nSPS) is 10.1. The minimum absolute atomic E-state index is 0.233. The van der Waals surface area contributed by atoms with Crippen molar-refractivity contribution in [2.45, 2.75) is 20.5 Å². The summed E-state index contributed by atoms with van der Waals surface area (Å²) in [5.41, 5.74) is 1.28. The highest BCUT2D eigenvalue weighted by Gasteiger charge is 2.07. The molecule has 92 valence electrons. The Morgan fingerprint density at radius 2 is 2.22 bits per heavy atom. The number of nitrogens with zero attached hydrogens (tertiary/aromatic N) is 2. The summed E-state index contributed by atoms with van der Waals surface area (Å²) in [6.45, 7) is 3.96. The maximum Gasteiger partial charge on any atom is 0.232 e. The van der Waals surface area contributed by atoms with Crippen LogP contribution in [0.5, 0.6) is 5.75 Å². The lowest BCUT2D eigenvalue weighted by atomic mass is 10.2. The van der Waals surface area contributed by atoms with Gasteiger partial charge in [-0.05, 0) is 26.0 Å². The molecule has 0 aliphatic carbocycles. The predicted molar refractivity (Wildman–Crippen MR) is 66.5 cm³/mol. The molecular formula is C13H11ClN2O2. The first-order valence-electron chi connectivity index (χ1n) is 5.35. The lowest BCUT2D eigenvalue weighted by Crippen LogP contribution is -1.96. The molecular weight excluding hydrogens is 252 g/mol. The first-order chi connectivity index (χ1) is 8.60. The predicted octanol–water partition coefficient (Wildman–Crippen LogP) is 3.40. The van der Waals surface area contributed by atoms with Crippen LogP contribution in [0.15, 0.2) is 22.6 Å². The van der Waals surface area contributed by atoms with Gasteiger partial charge in [0.15, 0.2) is 6.61 Å². The van der Waals surface area contributed by atoms with Crippen LogP contribution < -0.4 is 4.74 Å². The van der Waals surface area contributed by atoms with E-state index in [-0.39, 0.29) is 6.61 Å². The SMILES string of the molecule is Cc1nc(COc2ccc(C#N)c(Cl)c2)oc1C. The standard InChI is InChI=1S/C13H11ClN2O2/c1-8-9(2)18-13(16-8)7-17-11-4-3-10(6-15)12(14)5-11/h3-5H,7H2,1-2H3. The average Bonchev–Trinajstić information content (AvgIpc) is 2.66. The molecule has 1 aromatic carbocycles. The van der Waals surface area contributed by atoms with Crippen LogP contribution in [0.3, 0.4) is 0 Å². The Morgan fingerprint density at radius 3 is 2.78 bits per heavy atom. The molecule has 0 atom stereocenters. The zero-order valence-electron chi connectivity index (χ0n) is 10.0. The van der Waals surface area contributed by atoms with Crippen molar-refractivity contribution in [2.75, 3.05) is 0 Å². The highest BCUT2D eigenvalue weighted by molar-refractivity contribution is 6.31. The third-order valence-electron chi connectivity index (χ3n) is 2.50. The molecule has 0 fully saturated rings. The highest BCUT2D eigenvalue weighted by Crippen LogP contribution is 2.22. The van der Waals surface area contributed by atoms with Crippen LogP contribution in [-0.2, 0) is 6.61 Å². The number of hydrogen-bond acceptors (Lipinski definition) is 4. The zero-order chi connectivity index (χ0) is 13.1. The van der Waals surface area contributed by atoms with Gasteiger partial charge in [-0.2, -0.15) is 5.26 Å². The first-order valence-corrected chi connectivity index (χ1v) is 5.73. The monoisotopic (exact) mass is 262 g/mol. The Balaban J connectivity index is 2.07. The van der Waals surface area contributed by atoms with Crippen LogP contribution in [0.2, 0.25) is 5.02 Å². The van der Waals surface area contributed by atoms with E-state index in [4.69, 9.17) is 26.0 Å². The molecule has 0 aliphatic heterocycles. The van der Waals surface area contributed by atoms with E-state index in [2.05, 4.69) is 4.98 Å². The van der Waals surface area contributed by atoms with Crippen LogP contribution >= 0.6 is 11.6 Å². The van der Waals surface area contributed by atoms with E-state index in [1.165, 1.54) is 0 Å². The quantitative estimate of drug-likeness (QED) is 0.851. The van der Waals surface area contributed by atoms with Gasteiger partial charge in [0, 0.05) is 6.07 Å². The number of hydrogen-bond donors (Lipinski definition) is 0. The summed E-state index contributed by atoms with van der Waals surface area (Å²) in [7, 11) is 0. The van der Waals surface area contributed by atoms with Gasteiger partial charge in [0.25, 0.3) is 0 Å². The largest absolute Gasteiger partial charge is 0.484 e. The van der Waals surface area contributed by atoms with Crippen molar-refractivity contribution in [2.24, 2.45) is 0 Å². The van der Waals surface area contributed by atoms with Gasteiger partial charge in [-0.1, -0.05) is 11.6 Å². The molecule has 0 bridgehead atoms. The Kier molecular flexibility index (Phi) is 3.54. The summed E-state index contributed by atoms with van der Waals surface area (Å²) in [4.78, 5) is 4.20. The van der Waals surface area contributed by atoms with Gasteiger partial charge in [-0.15, -0.1) is 0 Å². The Morgan fingerprint density at radius 1 is 1.44 bits per heavy atom. The molecule has 0 unspecified atom stereocenters. The Labute approximate surface area is 110 Å². The van der Waals surface area contributed by atoms with Crippen LogP contribution in [-0.4, -0.2) is 4.98 Å². The van der Waals surface area contributed by atoms with Crippen LogP contribution in [0.25, 0.3) is 0 Å². The van der Waals surface area contributed by atoms with Crippen LogP contribution in [0.1, 0.15) is 22.9 Å². The minimum Gasteiger partial charge on any atom is -0.484 e. The van der Waals surface area contributed by atoms with Gasteiger partial charge in [0.05, 0.1) is 16.3 Å². The van der Waals surface area contributed by atoms with Gasteiger partial charge in [0.1, 0.15) is 17.6 Å². The van der Waals surface area contributed by atoms with E-state index >= 15 is 0 Å². The summed E-state index contributed by atoms with van der Waals surface area (Å²) in [5, 5.41) is 9.12. The van der Waals surface area contributed by atoms with Crippen LogP contribution in [0.4, 0.5) is 0 Å². The van der Waals surface area contributed by atoms with Gasteiger partial charge in [-0.25, -0.2) is 4.98 Å². The van der Waals surface area contributed by atoms with Gasteiger partial charge in [0.2, 0.25) is 5.89 Å². The third-order valence-corrected chi connectivity index (χ3v) is 2.81. The number of aromatic nitrogens is 1. The van der Waals surface area contributed by atoms with E-state index in [0.717, 1.165) is 11.5 Å². The Hall–Kier alpha value is -1.99. The van der Waals surface area contributed by atoms with Gasteiger partial charge < -0.3 is 9.15 Å². The molecule has 1 heterocycles. The van der Waals surface area contributed by atoms with E-state index < -0.39 is 0 Å². The van der Waals surface area contributed by atoms with Crippen molar-refractivity contribution < 1.29 is 9.15 Å². The van der Waals surface area contributed by atoms with Crippen molar-refractivity contribution >= 4 is 11.6 Å². The molecule has 0 N–H and O–H groups in total. The minimum atomic E-state index is 0.233. The molecule has 2 aromatic rings.